The van der Waals surface area contributed by atoms with E-state index in [0.717, 1.165) is 32.4 Å². The highest BCUT2D eigenvalue weighted by Crippen LogP contribution is 2.58. The van der Waals surface area contributed by atoms with Gasteiger partial charge in [-0.15, -0.1) is 0 Å². The third kappa shape index (κ3) is 3.98. The van der Waals surface area contributed by atoms with Crippen LogP contribution < -0.4 is 16.0 Å². The third-order valence-corrected chi connectivity index (χ3v) is 5.72. The Morgan fingerprint density at radius 2 is 1.96 bits per heavy atom. The minimum atomic E-state index is -0.138. The van der Waals surface area contributed by atoms with Gasteiger partial charge in [0.15, 0.2) is 0 Å². The van der Waals surface area contributed by atoms with E-state index in [1.807, 2.05) is 6.07 Å². The zero-order valence-corrected chi connectivity index (χ0v) is 15.2. The van der Waals surface area contributed by atoms with Gasteiger partial charge in [-0.3, -0.25) is 4.79 Å². The Hall–Kier alpha value is -1.39. The van der Waals surface area contributed by atoms with Crippen LogP contribution >= 0.6 is 0 Å². The first kappa shape index (κ1) is 17.4. The lowest BCUT2D eigenvalue weighted by molar-refractivity contribution is -0.123. The Labute approximate surface area is 145 Å². The summed E-state index contributed by atoms with van der Waals surface area (Å²) in [6.45, 7) is 9.26. The lowest BCUT2D eigenvalue weighted by Crippen LogP contribution is -2.50. The predicted octanol–water partition coefficient (Wildman–Crippen LogP) is 2.62. The smallest absolute Gasteiger partial charge is 0.223 e. The van der Waals surface area contributed by atoms with Gasteiger partial charge in [0, 0.05) is 24.0 Å². The van der Waals surface area contributed by atoms with Crippen LogP contribution in [0.4, 0.5) is 0 Å². The van der Waals surface area contributed by atoms with E-state index in [0.29, 0.717) is 12.0 Å². The third-order valence-electron chi connectivity index (χ3n) is 5.72. The van der Waals surface area contributed by atoms with Crippen molar-refractivity contribution in [1.82, 2.24) is 16.0 Å². The van der Waals surface area contributed by atoms with Gasteiger partial charge in [0.25, 0.3) is 0 Å². The molecule has 132 valence electrons. The van der Waals surface area contributed by atoms with Crippen LogP contribution in [0.3, 0.4) is 0 Å². The quantitative estimate of drug-likeness (QED) is 0.752. The highest BCUT2D eigenvalue weighted by atomic mass is 16.2. The highest BCUT2D eigenvalue weighted by molar-refractivity contribution is 5.82. The molecule has 2 unspecified atom stereocenters. The second-order valence-corrected chi connectivity index (χ2v) is 8.25. The zero-order chi connectivity index (χ0) is 17.2. The molecule has 2 fully saturated rings. The lowest BCUT2D eigenvalue weighted by atomic mass is 9.91. The molecular weight excluding hydrogens is 298 g/mol. The molecule has 0 bridgehead atoms. The van der Waals surface area contributed by atoms with Gasteiger partial charge in [-0.25, -0.2) is 0 Å². The fraction of sp³-hybridized carbons (Fsp3) is 0.650. The Bertz CT molecular complexity index is 564. The molecule has 1 saturated carbocycles. The van der Waals surface area contributed by atoms with Gasteiger partial charge >= 0.3 is 0 Å². The van der Waals surface area contributed by atoms with E-state index >= 15 is 0 Å². The standard InChI is InChI=1S/C20H31N3O/c1-15(16-7-5-4-6-8-16)23-19(2,3)14-22-18(24)17-13-20(17)9-11-21-12-10-20/h4-8,15,17,21,23H,9-14H2,1-3H3,(H,22,24). The van der Waals surface area contributed by atoms with Gasteiger partial charge in [0.05, 0.1) is 0 Å². The van der Waals surface area contributed by atoms with Gasteiger partial charge in [0.2, 0.25) is 5.91 Å². The van der Waals surface area contributed by atoms with Crippen molar-refractivity contribution in [2.75, 3.05) is 19.6 Å². The molecule has 1 saturated heterocycles. The second-order valence-electron chi connectivity index (χ2n) is 8.25. The summed E-state index contributed by atoms with van der Waals surface area (Å²) in [4.78, 5) is 12.5. The van der Waals surface area contributed by atoms with E-state index in [4.69, 9.17) is 0 Å². The molecule has 4 nitrogen and oxygen atoms in total. The summed E-state index contributed by atoms with van der Waals surface area (Å²) in [6.07, 6.45) is 3.38. The molecule has 1 spiro atoms. The van der Waals surface area contributed by atoms with E-state index in [1.165, 1.54) is 5.56 Å². The minimum absolute atomic E-state index is 0.138. The normalized spacial score (nSPS) is 23.7. The van der Waals surface area contributed by atoms with Crippen LogP contribution in [0.15, 0.2) is 30.3 Å². The molecule has 0 radical (unpaired) electrons. The summed E-state index contributed by atoms with van der Waals surface area (Å²) >= 11 is 0. The SMILES string of the molecule is CC(NC(C)(C)CNC(=O)C1CC12CCNCC2)c1ccccc1. The van der Waals surface area contributed by atoms with Crippen molar-refractivity contribution in [3.05, 3.63) is 35.9 Å². The average molecular weight is 329 g/mol. The number of hydrogen-bond donors (Lipinski definition) is 3. The van der Waals surface area contributed by atoms with Crippen LogP contribution in [-0.2, 0) is 4.79 Å². The summed E-state index contributed by atoms with van der Waals surface area (Å²) in [5.74, 6) is 0.487. The number of piperidine rings is 1. The van der Waals surface area contributed by atoms with Crippen molar-refractivity contribution in [3.8, 4) is 0 Å². The minimum Gasteiger partial charge on any atom is -0.354 e. The molecule has 1 amide bonds. The number of carbonyl (C=O) groups excluding carboxylic acids is 1. The topological polar surface area (TPSA) is 53.2 Å². The van der Waals surface area contributed by atoms with Crippen molar-refractivity contribution in [2.24, 2.45) is 11.3 Å². The largest absolute Gasteiger partial charge is 0.354 e. The van der Waals surface area contributed by atoms with E-state index in [1.54, 1.807) is 0 Å². The molecule has 3 rings (SSSR count). The monoisotopic (exact) mass is 329 g/mol. The summed E-state index contributed by atoms with van der Waals surface area (Å²) in [5.41, 5.74) is 1.44. The van der Waals surface area contributed by atoms with Crippen molar-refractivity contribution in [3.63, 3.8) is 0 Å². The fourth-order valence-electron chi connectivity index (χ4n) is 4.09. The van der Waals surface area contributed by atoms with Gasteiger partial charge in [-0.2, -0.15) is 0 Å². The van der Waals surface area contributed by atoms with E-state index in [-0.39, 0.29) is 23.4 Å². The Balaban J connectivity index is 1.47. The number of nitrogens with one attached hydrogen (secondary N) is 3. The van der Waals surface area contributed by atoms with Crippen molar-refractivity contribution in [2.45, 2.75) is 51.6 Å². The number of benzene rings is 1. The molecule has 1 aromatic rings. The van der Waals surface area contributed by atoms with Gasteiger partial charge in [0.1, 0.15) is 0 Å². The van der Waals surface area contributed by atoms with E-state index in [9.17, 15) is 4.79 Å². The Kier molecular flexibility index (Phi) is 4.97. The van der Waals surface area contributed by atoms with Gasteiger partial charge in [-0.1, -0.05) is 30.3 Å². The summed E-state index contributed by atoms with van der Waals surface area (Å²) < 4.78 is 0. The summed E-state index contributed by atoms with van der Waals surface area (Å²) in [6, 6.07) is 10.7. The first-order valence-electron chi connectivity index (χ1n) is 9.23. The second kappa shape index (κ2) is 6.85. The fourth-order valence-corrected chi connectivity index (χ4v) is 4.09. The molecular formula is C20H31N3O. The zero-order valence-electron chi connectivity index (χ0n) is 15.2. The number of rotatable bonds is 6. The van der Waals surface area contributed by atoms with E-state index < -0.39 is 0 Å². The van der Waals surface area contributed by atoms with Crippen molar-refractivity contribution >= 4 is 5.91 Å². The average Bonchev–Trinajstić information content (AvgIpc) is 3.27. The van der Waals surface area contributed by atoms with Crippen LogP contribution in [0.25, 0.3) is 0 Å². The van der Waals surface area contributed by atoms with Crippen molar-refractivity contribution < 1.29 is 4.79 Å². The van der Waals surface area contributed by atoms with E-state index in [2.05, 4.69) is 61.0 Å². The number of hydrogen-bond acceptors (Lipinski definition) is 3. The highest BCUT2D eigenvalue weighted by Gasteiger charge is 2.57. The molecule has 1 heterocycles. The molecule has 1 aliphatic heterocycles. The van der Waals surface area contributed by atoms with Crippen LogP contribution in [-0.4, -0.2) is 31.1 Å². The number of carbonyl (C=O) groups is 1. The van der Waals surface area contributed by atoms with Crippen LogP contribution in [0.5, 0.6) is 0 Å². The molecule has 1 aliphatic carbocycles. The van der Waals surface area contributed by atoms with Crippen LogP contribution in [0.2, 0.25) is 0 Å². The maximum Gasteiger partial charge on any atom is 0.223 e. The molecule has 0 aromatic heterocycles. The Morgan fingerprint density at radius 1 is 1.29 bits per heavy atom. The molecule has 2 aliphatic rings. The van der Waals surface area contributed by atoms with Crippen molar-refractivity contribution in [1.29, 1.82) is 0 Å². The summed E-state index contributed by atoms with van der Waals surface area (Å²) in [5, 5.41) is 10.2. The molecule has 3 N–H and O–H groups in total. The molecule has 24 heavy (non-hydrogen) atoms. The maximum absolute atomic E-state index is 12.5. The summed E-state index contributed by atoms with van der Waals surface area (Å²) in [7, 11) is 0. The van der Waals surface area contributed by atoms with Crippen LogP contribution in [0.1, 0.15) is 51.6 Å². The molecule has 4 heteroatoms. The molecule has 2 atom stereocenters. The predicted molar refractivity (Wildman–Crippen MR) is 97.7 cm³/mol. The van der Waals surface area contributed by atoms with Gasteiger partial charge in [-0.05, 0) is 64.1 Å². The number of amides is 1. The molecule has 1 aromatic carbocycles. The Morgan fingerprint density at radius 3 is 2.62 bits per heavy atom. The maximum atomic E-state index is 12.5. The van der Waals surface area contributed by atoms with Gasteiger partial charge < -0.3 is 16.0 Å². The van der Waals surface area contributed by atoms with Crippen LogP contribution in [0, 0.1) is 11.3 Å². The first-order valence-corrected chi connectivity index (χ1v) is 9.23. The lowest BCUT2D eigenvalue weighted by Gasteiger charge is -2.31. The first-order chi connectivity index (χ1) is 11.4.